The van der Waals surface area contributed by atoms with E-state index in [9.17, 15) is 4.79 Å². The Balaban J connectivity index is 1.45. The van der Waals surface area contributed by atoms with Crippen LogP contribution in [0.3, 0.4) is 0 Å². The molecule has 0 bridgehead atoms. The lowest BCUT2D eigenvalue weighted by molar-refractivity contribution is -0.225. The number of rotatable bonds is 9. The molecular formula is C27H31N3O6. The van der Waals surface area contributed by atoms with E-state index in [4.69, 9.17) is 23.7 Å². The summed E-state index contributed by atoms with van der Waals surface area (Å²) in [7, 11) is 0. The zero-order valence-electron chi connectivity index (χ0n) is 20.7. The molecule has 2 aromatic carbocycles. The fourth-order valence-corrected chi connectivity index (χ4v) is 4.70. The van der Waals surface area contributed by atoms with Crippen molar-refractivity contribution in [3.63, 3.8) is 0 Å². The second-order valence-electron chi connectivity index (χ2n) is 9.36. The molecule has 2 aliphatic heterocycles. The van der Waals surface area contributed by atoms with Crippen LogP contribution in [0, 0.1) is 0 Å². The molecule has 2 saturated heterocycles. The number of fused-ring (bicyclic) bond motifs is 1. The molecule has 9 heteroatoms. The van der Waals surface area contributed by atoms with Crippen molar-refractivity contribution in [3.8, 4) is 11.3 Å². The molecule has 0 amide bonds. The highest BCUT2D eigenvalue weighted by atomic mass is 16.8. The van der Waals surface area contributed by atoms with Crippen molar-refractivity contribution in [2.24, 2.45) is 0 Å². The van der Waals surface area contributed by atoms with Gasteiger partial charge in [0.05, 0.1) is 31.9 Å². The van der Waals surface area contributed by atoms with Gasteiger partial charge in [-0.15, -0.1) is 5.10 Å². The summed E-state index contributed by atoms with van der Waals surface area (Å²) >= 11 is 0. The van der Waals surface area contributed by atoms with Gasteiger partial charge in [0.25, 0.3) is 0 Å². The van der Waals surface area contributed by atoms with E-state index in [2.05, 4.69) is 10.3 Å². The molecular weight excluding hydrogens is 462 g/mol. The lowest BCUT2D eigenvalue weighted by Crippen LogP contribution is -2.42. The Bertz CT molecular complexity index is 1150. The average molecular weight is 494 g/mol. The Kier molecular flexibility index (Phi) is 7.15. The highest BCUT2D eigenvalue weighted by Crippen LogP contribution is 2.43. The molecule has 9 nitrogen and oxygen atoms in total. The van der Waals surface area contributed by atoms with Gasteiger partial charge in [0.15, 0.2) is 12.1 Å². The van der Waals surface area contributed by atoms with E-state index in [-0.39, 0.29) is 19.0 Å². The van der Waals surface area contributed by atoms with Crippen LogP contribution < -0.4 is 0 Å². The van der Waals surface area contributed by atoms with E-state index in [0.29, 0.717) is 12.3 Å². The van der Waals surface area contributed by atoms with E-state index in [1.165, 1.54) is 0 Å². The fraction of sp³-hybridized carbons (Fsp3) is 0.444. The summed E-state index contributed by atoms with van der Waals surface area (Å²) in [6.07, 6.45) is -0.348. The summed E-state index contributed by atoms with van der Waals surface area (Å²) in [6.45, 7) is 6.11. The van der Waals surface area contributed by atoms with Crippen LogP contribution in [0.15, 0.2) is 66.9 Å². The lowest BCUT2D eigenvalue weighted by atomic mass is 10.0. The first-order chi connectivity index (χ1) is 17.4. The molecule has 2 aliphatic rings. The highest BCUT2D eigenvalue weighted by molar-refractivity contribution is 5.70. The normalized spacial score (nSPS) is 25.4. The van der Waals surface area contributed by atoms with Gasteiger partial charge in [-0.2, -0.15) is 0 Å². The Hall–Kier alpha value is -3.11. The maximum absolute atomic E-state index is 12.7. The molecule has 1 aromatic heterocycles. The standard InChI is InChI=1S/C27H31N3O6/c1-4-32-22(31)15-21(30-16-20(28-29-30)19-13-9-6-10-14-19)23-24(33-17-18-11-7-5-8-12-18)25-26(34-23)36-27(2,3)35-25/h5-14,16,21,23-26H,4,15,17H2,1-3H3/t21?,23?,24-,25+,26+/m0/s1. The molecule has 0 N–H and O–H groups in total. The average Bonchev–Trinajstić information content (AvgIpc) is 3.55. The Labute approximate surface area is 210 Å². The van der Waals surface area contributed by atoms with Crippen LogP contribution in [-0.4, -0.2) is 58.0 Å². The Morgan fingerprint density at radius 3 is 2.53 bits per heavy atom. The monoisotopic (exact) mass is 493 g/mol. The van der Waals surface area contributed by atoms with E-state index in [1.807, 2.05) is 80.7 Å². The minimum Gasteiger partial charge on any atom is -0.466 e. The molecule has 0 saturated carbocycles. The van der Waals surface area contributed by atoms with Crippen molar-refractivity contribution in [3.05, 3.63) is 72.4 Å². The van der Waals surface area contributed by atoms with E-state index in [0.717, 1.165) is 11.1 Å². The van der Waals surface area contributed by atoms with Gasteiger partial charge in [-0.05, 0) is 26.3 Å². The smallest absolute Gasteiger partial charge is 0.308 e. The molecule has 5 atom stereocenters. The molecule has 3 aromatic rings. The van der Waals surface area contributed by atoms with Crippen LogP contribution >= 0.6 is 0 Å². The van der Waals surface area contributed by atoms with Crippen LogP contribution in [0.1, 0.15) is 38.8 Å². The minimum atomic E-state index is -0.807. The maximum Gasteiger partial charge on any atom is 0.308 e. The second-order valence-corrected chi connectivity index (χ2v) is 9.36. The van der Waals surface area contributed by atoms with Gasteiger partial charge in [0, 0.05) is 5.56 Å². The molecule has 3 heterocycles. The van der Waals surface area contributed by atoms with Crippen LogP contribution in [-0.2, 0) is 35.1 Å². The van der Waals surface area contributed by atoms with Crippen LogP contribution in [0.2, 0.25) is 0 Å². The van der Waals surface area contributed by atoms with Gasteiger partial charge >= 0.3 is 5.97 Å². The maximum atomic E-state index is 12.7. The first-order valence-electron chi connectivity index (χ1n) is 12.2. The number of aromatic nitrogens is 3. The van der Waals surface area contributed by atoms with Gasteiger partial charge in [0.2, 0.25) is 0 Å². The van der Waals surface area contributed by atoms with E-state index >= 15 is 0 Å². The number of ether oxygens (including phenoxy) is 5. The van der Waals surface area contributed by atoms with Crippen LogP contribution in [0.25, 0.3) is 11.3 Å². The van der Waals surface area contributed by atoms with Gasteiger partial charge in [-0.3, -0.25) is 4.79 Å². The first-order valence-corrected chi connectivity index (χ1v) is 12.2. The summed E-state index contributed by atoms with van der Waals surface area (Å²) < 4.78 is 31.9. The predicted molar refractivity (Wildman–Crippen MR) is 129 cm³/mol. The Morgan fingerprint density at radius 1 is 1.08 bits per heavy atom. The molecule has 190 valence electrons. The SMILES string of the molecule is CCOC(=O)CC(C1O[C@@H]2OC(C)(C)O[C@@H]2[C@H]1OCc1ccccc1)n1cc(-c2ccccc2)nn1. The number of hydrogen-bond donors (Lipinski definition) is 0. The number of carbonyl (C=O) groups is 1. The lowest BCUT2D eigenvalue weighted by Gasteiger charge is -2.30. The van der Waals surface area contributed by atoms with Crippen LogP contribution in [0.4, 0.5) is 0 Å². The fourth-order valence-electron chi connectivity index (χ4n) is 4.70. The summed E-state index contributed by atoms with van der Waals surface area (Å²) in [4.78, 5) is 12.7. The number of benzene rings is 2. The molecule has 0 radical (unpaired) electrons. The third kappa shape index (κ3) is 5.34. The van der Waals surface area contributed by atoms with Crippen molar-refractivity contribution in [2.45, 2.75) is 70.2 Å². The molecule has 36 heavy (non-hydrogen) atoms. The number of carbonyl (C=O) groups excluding carboxylic acids is 1. The second kappa shape index (κ2) is 10.5. The van der Waals surface area contributed by atoms with E-state index < -0.39 is 36.4 Å². The quantitative estimate of drug-likeness (QED) is 0.415. The first kappa shape index (κ1) is 24.6. The predicted octanol–water partition coefficient (Wildman–Crippen LogP) is 3.90. The number of hydrogen-bond acceptors (Lipinski definition) is 8. The summed E-state index contributed by atoms with van der Waals surface area (Å²) in [5.41, 5.74) is 2.64. The number of nitrogens with zero attached hydrogens (tertiary/aromatic N) is 3. The summed E-state index contributed by atoms with van der Waals surface area (Å²) in [5, 5.41) is 8.72. The molecule has 0 spiro atoms. The highest BCUT2D eigenvalue weighted by Gasteiger charge is 2.57. The largest absolute Gasteiger partial charge is 0.466 e. The topological polar surface area (TPSA) is 93.9 Å². The third-order valence-corrected chi connectivity index (χ3v) is 6.29. The van der Waals surface area contributed by atoms with Crippen molar-refractivity contribution in [2.75, 3.05) is 6.61 Å². The van der Waals surface area contributed by atoms with Crippen molar-refractivity contribution in [1.29, 1.82) is 0 Å². The number of esters is 1. The summed E-state index contributed by atoms with van der Waals surface area (Å²) in [5.74, 6) is -1.16. The van der Waals surface area contributed by atoms with Gasteiger partial charge in [-0.1, -0.05) is 65.9 Å². The summed E-state index contributed by atoms with van der Waals surface area (Å²) in [6, 6.07) is 19.1. The molecule has 0 aliphatic carbocycles. The van der Waals surface area contributed by atoms with Crippen molar-refractivity contribution >= 4 is 5.97 Å². The zero-order chi connectivity index (χ0) is 25.1. The zero-order valence-corrected chi connectivity index (χ0v) is 20.7. The van der Waals surface area contributed by atoms with Gasteiger partial charge in [0.1, 0.15) is 24.0 Å². The van der Waals surface area contributed by atoms with Gasteiger partial charge in [-0.25, -0.2) is 4.68 Å². The van der Waals surface area contributed by atoms with Gasteiger partial charge < -0.3 is 23.7 Å². The third-order valence-electron chi connectivity index (χ3n) is 6.29. The molecule has 5 rings (SSSR count). The van der Waals surface area contributed by atoms with Crippen LogP contribution in [0.5, 0.6) is 0 Å². The van der Waals surface area contributed by atoms with E-state index in [1.54, 1.807) is 11.6 Å². The minimum absolute atomic E-state index is 0.0319. The van der Waals surface area contributed by atoms with Crippen molar-refractivity contribution in [1.82, 2.24) is 15.0 Å². The molecule has 2 unspecified atom stereocenters. The van der Waals surface area contributed by atoms with Crippen molar-refractivity contribution < 1.29 is 28.5 Å². The molecule has 2 fully saturated rings. The Morgan fingerprint density at radius 2 is 1.81 bits per heavy atom.